The van der Waals surface area contributed by atoms with Crippen LogP contribution in [0.5, 0.6) is 0 Å². The molecule has 168 valence electrons. The Hall–Kier alpha value is -3.22. The number of nitrogens with zero attached hydrogens (tertiary/aromatic N) is 2. The van der Waals surface area contributed by atoms with Gasteiger partial charge in [-0.05, 0) is 54.5 Å². The van der Waals surface area contributed by atoms with Gasteiger partial charge in [0.2, 0.25) is 5.91 Å². The molecule has 0 spiro atoms. The molecule has 1 heterocycles. The smallest absolute Gasteiger partial charge is 0.325 e. The van der Waals surface area contributed by atoms with Gasteiger partial charge in [-0.3, -0.25) is 14.5 Å². The lowest BCUT2D eigenvalue weighted by Crippen LogP contribution is -2.45. The van der Waals surface area contributed by atoms with Crippen LogP contribution in [0.1, 0.15) is 56.2 Å². The maximum absolute atomic E-state index is 13.3. The Balaban J connectivity index is 1.48. The molecule has 1 saturated carbocycles. The Kier molecular flexibility index (Phi) is 5.75. The molecule has 0 radical (unpaired) electrons. The van der Waals surface area contributed by atoms with Crippen molar-refractivity contribution in [1.82, 2.24) is 15.1 Å². The van der Waals surface area contributed by atoms with Gasteiger partial charge in [-0.25, -0.2) is 9.18 Å². The van der Waals surface area contributed by atoms with Crippen molar-refractivity contribution in [1.29, 1.82) is 0 Å². The van der Waals surface area contributed by atoms with Gasteiger partial charge >= 0.3 is 6.03 Å². The summed E-state index contributed by atoms with van der Waals surface area (Å²) in [6, 6.07) is 13.1. The predicted octanol–water partition coefficient (Wildman–Crippen LogP) is 3.91. The minimum Gasteiger partial charge on any atom is -0.334 e. The topological polar surface area (TPSA) is 69.7 Å². The van der Waals surface area contributed by atoms with Crippen LogP contribution in [0.15, 0.2) is 48.5 Å². The average molecular weight is 438 g/mol. The molecule has 6 nitrogen and oxygen atoms in total. The lowest BCUT2D eigenvalue weighted by atomic mass is 9.92. The lowest BCUT2D eigenvalue weighted by Gasteiger charge is -2.26. The zero-order valence-corrected chi connectivity index (χ0v) is 18.6. The Morgan fingerprint density at radius 1 is 1.12 bits per heavy atom. The van der Waals surface area contributed by atoms with Gasteiger partial charge in [0.05, 0.1) is 0 Å². The minimum absolute atomic E-state index is 0.136. The molecule has 2 fully saturated rings. The summed E-state index contributed by atoms with van der Waals surface area (Å²) in [5.41, 5.74) is 1.39. The van der Waals surface area contributed by atoms with E-state index in [1.54, 1.807) is 11.8 Å². The van der Waals surface area contributed by atoms with Crippen molar-refractivity contribution < 1.29 is 18.8 Å². The molecule has 0 unspecified atom stereocenters. The van der Waals surface area contributed by atoms with Gasteiger partial charge in [0.15, 0.2) is 0 Å². The number of hydrogen-bond donors (Lipinski definition) is 1. The molecule has 0 bridgehead atoms. The predicted molar refractivity (Wildman–Crippen MR) is 118 cm³/mol. The summed E-state index contributed by atoms with van der Waals surface area (Å²) in [4.78, 5) is 41.6. The van der Waals surface area contributed by atoms with Crippen LogP contribution in [0.4, 0.5) is 9.18 Å². The van der Waals surface area contributed by atoms with Crippen molar-refractivity contribution in [2.75, 3.05) is 6.54 Å². The van der Waals surface area contributed by atoms with E-state index in [-0.39, 0.29) is 18.5 Å². The van der Waals surface area contributed by atoms with Gasteiger partial charge in [0.25, 0.3) is 5.91 Å². The van der Waals surface area contributed by atoms with E-state index < -0.39 is 23.3 Å². The highest BCUT2D eigenvalue weighted by atomic mass is 19.1. The number of halogens is 1. The van der Waals surface area contributed by atoms with Crippen molar-refractivity contribution >= 4 is 17.8 Å². The second-order valence-corrected chi connectivity index (χ2v) is 9.10. The fourth-order valence-electron chi connectivity index (χ4n) is 4.06. The van der Waals surface area contributed by atoms with Crippen LogP contribution in [0.25, 0.3) is 0 Å². The van der Waals surface area contributed by atoms with Gasteiger partial charge < -0.3 is 10.2 Å². The first-order chi connectivity index (χ1) is 15.2. The summed E-state index contributed by atoms with van der Waals surface area (Å²) in [6.07, 6.45) is 1.84. The van der Waals surface area contributed by atoms with Crippen LogP contribution in [-0.2, 0) is 21.7 Å². The zero-order valence-electron chi connectivity index (χ0n) is 18.6. The SMILES string of the molecule is CC(C)c1ccc(CN(C(=O)CN2C(=O)N[C@](C)(c3ccc(F)cc3)C2=O)C2CC2)cc1. The normalized spacial score (nSPS) is 20.6. The molecule has 1 N–H and O–H groups in total. The molecular weight excluding hydrogens is 409 g/mol. The first kappa shape index (κ1) is 22.0. The largest absolute Gasteiger partial charge is 0.334 e. The molecule has 2 aromatic carbocycles. The molecule has 4 amide bonds. The Morgan fingerprint density at radius 3 is 2.31 bits per heavy atom. The summed E-state index contributed by atoms with van der Waals surface area (Å²) in [7, 11) is 0. The Labute approximate surface area is 187 Å². The quantitative estimate of drug-likeness (QED) is 0.668. The molecule has 2 aromatic rings. The second kappa shape index (κ2) is 8.37. The van der Waals surface area contributed by atoms with Gasteiger partial charge in [0.1, 0.15) is 17.9 Å². The number of hydrogen-bond acceptors (Lipinski definition) is 3. The minimum atomic E-state index is -1.33. The fraction of sp³-hybridized carbons (Fsp3) is 0.400. The molecular formula is C25H28FN3O3. The van der Waals surface area contributed by atoms with Gasteiger partial charge in [-0.1, -0.05) is 50.2 Å². The molecule has 1 aliphatic heterocycles. The average Bonchev–Trinajstić information content (AvgIpc) is 3.57. The standard InChI is InChI=1S/C25H28FN3O3/c1-16(2)18-6-4-17(5-7-18)14-28(21-12-13-21)22(30)15-29-23(31)25(3,27-24(29)32)19-8-10-20(26)11-9-19/h4-11,16,21H,12-15H2,1-3H3,(H,27,32)/t25-/m1/s1. The van der Waals surface area contributed by atoms with Crippen molar-refractivity contribution in [3.05, 3.63) is 71.0 Å². The number of rotatable bonds is 7. The second-order valence-electron chi connectivity index (χ2n) is 9.10. The van der Waals surface area contributed by atoms with Crippen molar-refractivity contribution in [3.63, 3.8) is 0 Å². The molecule has 7 heteroatoms. The summed E-state index contributed by atoms with van der Waals surface area (Å²) in [5, 5.41) is 2.67. The monoisotopic (exact) mass is 437 g/mol. The van der Waals surface area contributed by atoms with Crippen molar-refractivity contribution in [2.45, 2.75) is 57.7 Å². The summed E-state index contributed by atoms with van der Waals surface area (Å²) < 4.78 is 13.3. The maximum atomic E-state index is 13.3. The summed E-state index contributed by atoms with van der Waals surface area (Å²) in [5.74, 6) is -0.769. The molecule has 1 saturated heterocycles. The van der Waals surface area contributed by atoms with Crippen LogP contribution in [0.2, 0.25) is 0 Å². The number of carbonyl (C=O) groups excluding carboxylic acids is 3. The Morgan fingerprint density at radius 2 is 1.75 bits per heavy atom. The van der Waals surface area contributed by atoms with E-state index in [0.29, 0.717) is 18.0 Å². The highest BCUT2D eigenvalue weighted by Gasteiger charge is 2.50. The molecule has 0 aromatic heterocycles. The molecule has 1 atom stereocenters. The van der Waals surface area contributed by atoms with Crippen molar-refractivity contribution in [3.8, 4) is 0 Å². The number of urea groups is 1. The van der Waals surface area contributed by atoms with E-state index >= 15 is 0 Å². The molecule has 32 heavy (non-hydrogen) atoms. The highest BCUT2D eigenvalue weighted by molar-refractivity contribution is 6.09. The first-order valence-corrected chi connectivity index (χ1v) is 11.0. The molecule has 2 aliphatic rings. The number of imide groups is 1. The third-order valence-corrected chi connectivity index (χ3v) is 6.30. The van der Waals surface area contributed by atoms with Gasteiger partial charge in [-0.15, -0.1) is 0 Å². The van der Waals surface area contributed by atoms with Crippen LogP contribution < -0.4 is 5.32 Å². The van der Waals surface area contributed by atoms with E-state index in [2.05, 4.69) is 31.3 Å². The van der Waals surface area contributed by atoms with Crippen LogP contribution in [0.3, 0.4) is 0 Å². The Bertz CT molecular complexity index is 1030. The van der Waals surface area contributed by atoms with Gasteiger partial charge in [-0.2, -0.15) is 0 Å². The number of amides is 4. The third-order valence-electron chi connectivity index (χ3n) is 6.30. The van der Waals surface area contributed by atoms with E-state index in [1.807, 2.05) is 12.1 Å². The van der Waals surface area contributed by atoms with Crippen LogP contribution in [0, 0.1) is 5.82 Å². The first-order valence-electron chi connectivity index (χ1n) is 11.0. The number of carbonyl (C=O) groups is 3. The molecule has 4 rings (SSSR count). The fourth-order valence-corrected chi connectivity index (χ4v) is 4.06. The van der Waals surface area contributed by atoms with Crippen LogP contribution >= 0.6 is 0 Å². The van der Waals surface area contributed by atoms with Crippen LogP contribution in [-0.4, -0.2) is 40.2 Å². The van der Waals surface area contributed by atoms with E-state index in [1.165, 1.54) is 29.8 Å². The summed E-state index contributed by atoms with van der Waals surface area (Å²) >= 11 is 0. The van der Waals surface area contributed by atoms with E-state index in [0.717, 1.165) is 23.3 Å². The molecule has 1 aliphatic carbocycles. The maximum Gasteiger partial charge on any atom is 0.325 e. The zero-order chi connectivity index (χ0) is 23.0. The van der Waals surface area contributed by atoms with E-state index in [9.17, 15) is 18.8 Å². The summed E-state index contributed by atoms with van der Waals surface area (Å²) in [6.45, 7) is 5.96. The lowest BCUT2D eigenvalue weighted by molar-refractivity contribution is -0.139. The number of benzene rings is 2. The highest BCUT2D eigenvalue weighted by Crippen LogP contribution is 2.31. The van der Waals surface area contributed by atoms with E-state index in [4.69, 9.17) is 0 Å². The van der Waals surface area contributed by atoms with Gasteiger partial charge in [0, 0.05) is 12.6 Å². The third kappa shape index (κ3) is 4.24. The van der Waals surface area contributed by atoms with Crippen molar-refractivity contribution in [2.24, 2.45) is 0 Å². The number of nitrogens with one attached hydrogen (secondary N) is 1.